The molecular weight excluding hydrogens is 359 g/mol. The van der Waals surface area contributed by atoms with Gasteiger partial charge in [-0.1, -0.05) is 6.07 Å². The van der Waals surface area contributed by atoms with Crippen LogP contribution < -0.4 is 10.2 Å². The topological polar surface area (TPSA) is 65.5 Å². The summed E-state index contributed by atoms with van der Waals surface area (Å²) < 4.78 is 13.1. The molecule has 1 fully saturated rings. The Morgan fingerprint density at radius 1 is 1.11 bits per heavy atom. The van der Waals surface area contributed by atoms with Crippen LogP contribution in [0.5, 0.6) is 0 Å². The molecule has 3 amide bonds. The fourth-order valence-corrected chi connectivity index (χ4v) is 3.32. The minimum atomic E-state index is -0.355. The molecule has 0 atom stereocenters. The van der Waals surface area contributed by atoms with Crippen molar-refractivity contribution >= 4 is 34.2 Å². The zero-order chi connectivity index (χ0) is 19.7. The van der Waals surface area contributed by atoms with Gasteiger partial charge in [0.1, 0.15) is 12.4 Å². The number of urea groups is 1. The van der Waals surface area contributed by atoms with E-state index >= 15 is 0 Å². The summed E-state index contributed by atoms with van der Waals surface area (Å²) in [5.74, 6) is -0.631. The fraction of sp³-hybridized carbons (Fsp3) is 0.190. The Hall–Kier alpha value is -3.48. The molecule has 1 aliphatic rings. The summed E-state index contributed by atoms with van der Waals surface area (Å²) in [6.07, 6.45) is 0. The van der Waals surface area contributed by atoms with Gasteiger partial charge in [-0.25, -0.2) is 9.18 Å². The number of nitrogens with zero attached hydrogens (tertiary/aromatic N) is 3. The SMILES string of the molecule is Cc1ccc2c(NC(=O)CN3CCN(c4ccc(F)cc4)C3=O)cccc2n1. The summed E-state index contributed by atoms with van der Waals surface area (Å²) >= 11 is 0. The number of rotatable bonds is 4. The van der Waals surface area contributed by atoms with Gasteiger partial charge in [0.2, 0.25) is 5.91 Å². The lowest BCUT2D eigenvalue weighted by atomic mass is 10.1. The Balaban J connectivity index is 1.45. The largest absolute Gasteiger partial charge is 0.325 e. The zero-order valence-corrected chi connectivity index (χ0v) is 15.4. The molecule has 0 aliphatic carbocycles. The van der Waals surface area contributed by atoms with Crippen molar-refractivity contribution in [1.29, 1.82) is 0 Å². The second kappa shape index (κ2) is 7.26. The zero-order valence-electron chi connectivity index (χ0n) is 15.4. The van der Waals surface area contributed by atoms with Gasteiger partial charge in [-0.2, -0.15) is 0 Å². The van der Waals surface area contributed by atoms with E-state index in [4.69, 9.17) is 0 Å². The molecule has 3 aromatic rings. The number of carbonyl (C=O) groups excluding carboxylic acids is 2. The first-order chi connectivity index (χ1) is 13.5. The van der Waals surface area contributed by atoms with Gasteiger partial charge in [0.25, 0.3) is 0 Å². The number of halogens is 1. The average molecular weight is 378 g/mol. The lowest BCUT2D eigenvalue weighted by Crippen LogP contribution is -2.37. The number of nitrogens with one attached hydrogen (secondary N) is 1. The Morgan fingerprint density at radius 2 is 1.89 bits per heavy atom. The fourth-order valence-electron chi connectivity index (χ4n) is 3.32. The van der Waals surface area contributed by atoms with Crippen LogP contribution in [0.4, 0.5) is 20.6 Å². The number of benzene rings is 2. The highest BCUT2D eigenvalue weighted by Gasteiger charge is 2.30. The lowest BCUT2D eigenvalue weighted by molar-refractivity contribution is -0.116. The molecule has 7 heteroatoms. The van der Waals surface area contributed by atoms with E-state index in [1.165, 1.54) is 21.9 Å². The summed E-state index contributed by atoms with van der Waals surface area (Å²) in [6.45, 7) is 2.75. The number of anilines is 2. The Morgan fingerprint density at radius 3 is 2.68 bits per heavy atom. The van der Waals surface area contributed by atoms with E-state index in [2.05, 4.69) is 10.3 Å². The smallest absolute Gasteiger partial charge is 0.324 e. The molecule has 142 valence electrons. The maximum absolute atomic E-state index is 13.1. The van der Waals surface area contributed by atoms with E-state index in [0.29, 0.717) is 24.5 Å². The highest BCUT2D eigenvalue weighted by Crippen LogP contribution is 2.23. The van der Waals surface area contributed by atoms with Crippen LogP contribution in [0.25, 0.3) is 10.9 Å². The number of hydrogen-bond donors (Lipinski definition) is 1. The molecule has 6 nitrogen and oxygen atoms in total. The van der Waals surface area contributed by atoms with Gasteiger partial charge in [-0.15, -0.1) is 0 Å². The van der Waals surface area contributed by atoms with E-state index in [0.717, 1.165) is 16.6 Å². The third-order valence-corrected chi connectivity index (χ3v) is 4.71. The number of amides is 3. The second-order valence-electron chi connectivity index (χ2n) is 6.71. The predicted octanol–water partition coefficient (Wildman–Crippen LogP) is 3.56. The number of aryl methyl sites for hydroxylation is 1. The Labute approximate surface area is 161 Å². The van der Waals surface area contributed by atoms with E-state index in [1.807, 2.05) is 37.3 Å². The van der Waals surface area contributed by atoms with Crippen LogP contribution in [-0.2, 0) is 4.79 Å². The number of pyridine rings is 1. The third-order valence-electron chi connectivity index (χ3n) is 4.71. The molecule has 1 N–H and O–H groups in total. The standard InChI is InChI=1S/C21H19FN4O2/c1-14-5-10-17-18(23-14)3-2-4-19(17)24-20(27)13-25-11-12-26(21(25)28)16-8-6-15(22)7-9-16/h2-10H,11-13H2,1H3,(H,24,27). The summed E-state index contributed by atoms with van der Waals surface area (Å²) in [7, 11) is 0. The van der Waals surface area contributed by atoms with Crippen LogP contribution >= 0.6 is 0 Å². The highest BCUT2D eigenvalue weighted by atomic mass is 19.1. The van der Waals surface area contributed by atoms with Gasteiger partial charge in [0.05, 0.1) is 11.2 Å². The first kappa shape index (κ1) is 17.9. The first-order valence-electron chi connectivity index (χ1n) is 8.99. The maximum atomic E-state index is 13.1. The molecule has 2 aromatic carbocycles. The predicted molar refractivity (Wildman–Crippen MR) is 106 cm³/mol. The van der Waals surface area contributed by atoms with Crippen molar-refractivity contribution in [3.8, 4) is 0 Å². The Kier molecular flexibility index (Phi) is 4.65. The lowest BCUT2D eigenvalue weighted by Gasteiger charge is -2.18. The summed E-state index contributed by atoms with van der Waals surface area (Å²) in [5, 5.41) is 3.72. The van der Waals surface area contributed by atoms with E-state index in [-0.39, 0.29) is 24.3 Å². The molecule has 1 aliphatic heterocycles. The first-order valence-corrected chi connectivity index (χ1v) is 8.99. The third kappa shape index (κ3) is 3.51. The molecule has 1 saturated heterocycles. The number of fused-ring (bicyclic) bond motifs is 1. The molecule has 0 spiro atoms. The monoisotopic (exact) mass is 378 g/mol. The quantitative estimate of drug-likeness (QED) is 0.755. The van der Waals surface area contributed by atoms with E-state index in [1.54, 1.807) is 12.1 Å². The molecule has 0 unspecified atom stereocenters. The van der Waals surface area contributed by atoms with Crippen molar-refractivity contribution in [1.82, 2.24) is 9.88 Å². The van der Waals surface area contributed by atoms with Crippen molar-refractivity contribution in [2.45, 2.75) is 6.92 Å². The molecule has 0 saturated carbocycles. The maximum Gasteiger partial charge on any atom is 0.325 e. The molecule has 0 radical (unpaired) electrons. The number of carbonyl (C=O) groups is 2. The van der Waals surface area contributed by atoms with Gasteiger partial charge < -0.3 is 10.2 Å². The normalized spacial score (nSPS) is 14.0. The van der Waals surface area contributed by atoms with Gasteiger partial charge in [0.15, 0.2) is 0 Å². The van der Waals surface area contributed by atoms with Crippen LogP contribution in [0, 0.1) is 12.7 Å². The van der Waals surface area contributed by atoms with Crippen LogP contribution in [0.15, 0.2) is 54.6 Å². The van der Waals surface area contributed by atoms with Crippen LogP contribution in [-0.4, -0.2) is 41.5 Å². The van der Waals surface area contributed by atoms with Gasteiger partial charge in [-0.3, -0.25) is 14.7 Å². The van der Waals surface area contributed by atoms with Crippen LogP contribution in [0.1, 0.15) is 5.69 Å². The van der Waals surface area contributed by atoms with Gasteiger partial charge in [-0.05, 0) is 55.5 Å². The summed E-state index contributed by atoms with van der Waals surface area (Å²) in [6, 6.07) is 14.8. The van der Waals surface area contributed by atoms with Crippen molar-refractivity contribution in [3.63, 3.8) is 0 Å². The average Bonchev–Trinajstić information content (AvgIpc) is 3.02. The van der Waals surface area contributed by atoms with Crippen LogP contribution in [0.3, 0.4) is 0 Å². The minimum absolute atomic E-state index is 0.0494. The molecule has 0 bridgehead atoms. The molecule has 1 aromatic heterocycles. The molecule has 4 rings (SSSR count). The minimum Gasteiger partial charge on any atom is -0.324 e. The second-order valence-corrected chi connectivity index (χ2v) is 6.71. The number of aromatic nitrogens is 1. The van der Waals surface area contributed by atoms with Crippen molar-refractivity contribution in [2.75, 3.05) is 29.9 Å². The summed E-state index contributed by atoms with van der Waals surface area (Å²) in [5.41, 5.74) is 2.99. The van der Waals surface area contributed by atoms with Gasteiger partial charge >= 0.3 is 6.03 Å². The Bertz CT molecular complexity index is 1050. The van der Waals surface area contributed by atoms with Crippen LogP contribution in [0.2, 0.25) is 0 Å². The van der Waals surface area contributed by atoms with Crippen molar-refractivity contribution in [2.24, 2.45) is 0 Å². The van der Waals surface area contributed by atoms with Gasteiger partial charge in [0, 0.05) is 29.9 Å². The van der Waals surface area contributed by atoms with E-state index in [9.17, 15) is 14.0 Å². The highest BCUT2D eigenvalue weighted by molar-refractivity contribution is 6.03. The summed E-state index contributed by atoms with van der Waals surface area (Å²) in [4.78, 5) is 32.6. The molecular formula is C21H19FN4O2. The number of hydrogen-bond acceptors (Lipinski definition) is 3. The van der Waals surface area contributed by atoms with Crippen molar-refractivity contribution in [3.05, 3.63) is 66.1 Å². The van der Waals surface area contributed by atoms with Crippen molar-refractivity contribution < 1.29 is 14.0 Å². The van der Waals surface area contributed by atoms with E-state index < -0.39 is 0 Å². The molecule has 2 heterocycles. The molecule has 28 heavy (non-hydrogen) atoms.